The first-order valence-corrected chi connectivity index (χ1v) is 6.29. The lowest BCUT2D eigenvalue weighted by atomic mass is 9.90. The fourth-order valence-corrected chi connectivity index (χ4v) is 3.37. The van der Waals surface area contributed by atoms with Gasteiger partial charge in [0.2, 0.25) is 0 Å². The second-order valence-electron chi connectivity index (χ2n) is 5.27. The van der Waals surface area contributed by atoms with E-state index < -0.39 is 5.60 Å². The van der Waals surface area contributed by atoms with Gasteiger partial charge in [-0.2, -0.15) is 0 Å². The highest BCUT2D eigenvalue weighted by molar-refractivity contribution is 5.25. The molecule has 1 aromatic rings. The zero-order chi connectivity index (χ0) is 11.0. The Morgan fingerprint density at radius 3 is 2.75 bits per heavy atom. The number of rotatable bonds is 1. The Morgan fingerprint density at radius 2 is 2.00 bits per heavy atom. The van der Waals surface area contributed by atoms with E-state index in [1.54, 1.807) is 0 Å². The summed E-state index contributed by atoms with van der Waals surface area (Å²) in [6, 6.07) is 10.7. The van der Waals surface area contributed by atoms with Crippen LogP contribution in [0.1, 0.15) is 31.2 Å². The van der Waals surface area contributed by atoms with Crippen molar-refractivity contribution in [3.8, 4) is 0 Å². The van der Waals surface area contributed by atoms with Crippen LogP contribution >= 0.6 is 0 Å². The van der Waals surface area contributed by atoms with E-state index >= 15 is 0 Å². The molecule has 0 bridgehead atoms. The van der Waals surface area contributed by atoms with Crippen molar-refractivity contribution in [1.82, 2.24) is 5.32 Å². The van der Waals surface area contributed by atoms with Gasteiger partial charge in [0.1, 0.15) is 0 Å². The summed E-state index contributed by atoms with van der Waals surface area (Å²) in [5.74, 6) is 0.666. The van der Waals surface area contributed by atoms with Crippen molar-refractivity contribution in [3.05, 3.63) is 35.9 Å². The van der Waals surface area contributed by atoms with E-state index in [1.807, 2.05) is 18.2 Å². The van der Waals surface area contributed by atoms with Crippen molar-refractivity contribution in [3.63, 3.8) is 0 Å². The van der Waals surface area contributed by atoms with Crippen LogP contribution in [-0.4, -0.2) is 17.7 Å². The second kappa shape index (κ2) is 3.86. The van der Waals surface area contributed by atoms with Gasteiger partial charge in [-0.15, -0.1) is 0 Å². The highest BCUT2D eigenvalue weighted by Gasteiger charge is 2.45. The average molecular weight is 217 g/mol. The smallest absolute Gasteiger partial charge is 0.0914 e. The predicted octanol–water partition coefficient (Wildman–Crippen LogP) is 2.04. The molecule has 86 valence electrons. The topological polar surface area (TPSA) is 32.3 Å². The summed E-state index contributed by atoms with van der Waals surface area (Å²) in [5.41, 5.74) is 0.500. The highest BCUT2D eigenvalue weighted by Crippen LogP contribution is 2.44. The molecule has 0 aromatic heterocycles. The molecule has 1 aliphatic carbocycles. The van der Waals surface area contributed by atoms with E-state index in [4.69, 9.17) is 0 Å². The van der Waals surface area contributed by atoms with Crippen LogP contribution in [0.2, 0.25) is 0 Å². The van der Waals surface area contributed by atoms with Crippen molar-refractivity contribution < 1.29 is 5.11 Å². The first kappa shape index (κ1) is 10.3. The molecule has 0 amide bonds. The molecule has 2 nitrogen and oxygen atoms in total. The molecule has 1 aromatic carbocycles. The van der Waals surface area contributed by atoms with Crippen LogP contribution < -0.4 is 5.32 Å². The van der Waals surface area contributed by atoms with Crippen LogP contribution in [0.5, 0.6) is 0 Å². The lowest BCUT2D eigenvalue weighted by molar-refractivity contribution is 0.0389. The molecule has 2 heteroatoms. The summed E-state index contributed by atoms with van der Waals surface area (Å²) < 4.78 is 0. The lowest BCUT2D eigenvalue weighted by Gasteiger charge is -2.25. The van der Waals surface area contributed by atoms with E-state index in [2.05, 4.69) is 17.4 Å². The number of fused-ring (bicyclic) bond motifs is 1. The van der Waals surface area contributed by atoms with Crippen LogP contribution in [0.3, 0.4) is 0 Å². The largest absolute Gasteiger partial charge is 0.385 e. The fraction of sp³-hybridized carbons (Fsp3) is 0.571. The van der Waals surface area contributed by atoms with Gasteiger partial charge in [-0.3, -0.25) is 0 Å². The molecule has 3 atom stereocenters. The predicted molar refractivity (Wildman–Crippen MR) is 64.1 cm³/mol. The van der Waals surface area contributed by atoms with Gasteiger partial charge in [-0.1, -0.05) is 30.3 Å². The van der Waals surface area contributed by atoms with Crippen LogP contribution in [0.25, 0.3) is 0 Å². The van der Waals surface area contributed by atoms with Gasteiger partial charge < -0.3 is 10.4 Å². The maximum atomic E-state index is 10.8. The van der Waals surface area contributed by atoms with E-state index in [0.29, 0.717) is 12.0 Å². The molecule has 1 aliphatic heterocycles. The van der Waals surface area contributed by atoms with Gasteiger partial charge in [0.15, 0.2) is 0 Å². The van der Waals surface area contributed by atoms with Crippen molar-refractivity contribution in [2.75, 3.05) is 6.54 Å². The summed E-state index contributed by atoms with van der Waals surface area (Å²) in [4.78, 5) is 0. The molecule has 3 unspecified atom stereocenters. The first-order chi connectivity index (χ1) is 7.78. The SMILES string of the molecule is OC1(c2ccccc2)CC2CCCNC2C1. The Hall–Kier alpha value is -0.860. The molecular weight excluding hydrogens is 198 g/mol. The minimum Gasteiger partial charge on any atom is -0.385 e. The third kappa shape index (κ3) is 1.66. The van der Waals surface area contributed by atoms with Crippen LogP contribution in [0, 0.1) is 5.92 Å². The van der Waals surface area contributed by atoms with Crippen LogP contribution in [-0.2, 0) is 5.60 Å². The first-order valence-electron chi connectivity index (χ1n) is 6.29. The average Bonchev–Trinajstić information content (AvgIpc) is 2.68. The van der Waals surface area contributed by atoms with Gasteiger partial charge in [0.25, 0.3) is 0 Å². The maximum absolute atomic E-state index is 10.8. The van der Waals surface area contributed by atoms with Gasteiger partial charge >= 0.3 is 0 Å². The van der Waals surface area contributed by atoms with Gasteiger partial charge in [-0.25, -0.2) is 0 Å². The zero-order valence-corrected chi connectivity index (χ0v) is 9.52. The van der Waals surface area contributed by atoms with Crippen molar-refractivity contribution in [2.24, 2.45) is 5.92 Å². The molecule has 2 aliphatic rings. The number of hydrogen-bond acceptors (Lipinski definition) is 2. The molecule has 2 fully saturated rings. The van der Waals surface area contributed by atoms with Gasteiger partial charge in [-0.05, 0) is 43.7 Å². The summed E-state index contributed by atoms with van der Waals surface area (Å²) >= 11 is 0. The van der Waals surface area contributed by atoms with Crippen molar-refractivity contribution in [1.29, 1.82) is 0 Å². The van der Waals surface area contributed by atoms with Gasteiger partial charge in [0, 0.05) is 6.04 Å². The van der Waals surface area contributed by atoms with Crippen LogP contribution in [0.4, 0.5) is 0 Å². The molecule has 0 radical (unpaired) electrons. The molecule has 1 heterocycles. The van der Waals surface area contributed by atoms with E-state index in [0.717, 1.165) is 24.9 Å². The molecule has 0 spiro atoms. The van der Waals surface area contributed by atoms with Crippen LogP contribution in [0.15, 0.2) is 30.3 Å². The van der Waals surface area contributed by atoms with E-state index in [-0.39, 0.29) is 0 Å². The molecule has 16 heavy (non-hydrogen) atoms. The Kier molecular flexibility index (Phi) is 2.49. The number of hydrogen-bond donors (Lipinski definition) is 2. The Balaban J connectivity index is 1.85. The minimum absolute atomic E-state index is 0.527. The molecular formula is C14H19NO. The molecule has 1 saturated heterocycles. The maximum Gasteiger partial charge on any atom is 0.0914 e. The third-order valence-corrected chi connectivity index (χ3v) is 4.20. The van der Waals surface area contributed by atoms with E-state index in [1.165, 1.54) is 12.8 Å². The summed E-state index contributed by atoms with van der Waals surface area (Å²) in [6.07, 6.45) is 4.33. The number of aliphatic hydroxyl groups is 1. The summed E-state index contributed by atoms with van der Waals surface area (Å²) in [5, 5.41) is 14.3. The lowest BCUT2D eigenvalue weighted by Crippen LogP contribution is -2.38. The quantitative estimate of drug-likeness (QED) is 0.754. The monoisotopic (exact) mass is 217 g/mol. The highest BCUT2D eigenvalue weighted by atomic mass is 16.3. The van der Waals surface area contributed by atoms with Crippen molar-refractivity contribution in [2.45, 2.75) is 37.3 Å². The Morgan fingerprint density at radius 1 is 1.19 bits per heavy atom. The zero-order valence-electron chi connectivity index (χ0n) is 9.52. The number of piperidine rings is 1. The van der Waals surface area contributed by atoms with E-state index in [9.17, 15) is 5.11 Å². The number of nitrogens with one attached hydrogen (secondary N) is 1. The summed E-state index contributed by atoms with van der Waals surface area (Å²) in [7, 11) is 0. The molecule has 2 N–H and O–H groups in total. The standard InChI is InChI=1S/C14H19NO/c16-14(12-6-2-1-3-7-12)9-11-5-4-8-15-13(11)10-14/h1-3,6-7,11,13,15-16H,4-5,8-10H2. The Bertz CT molecular complexity index is 348. The number of benzene rings is 1. The second-order valence-corrected chi connectivity index (χ2v) is 5.27. The molecule has 1 saturated carbocycles. The third-order valence-electron chi connectivity index (χ3n) is 4.20. The van der Waals surface area contributed by atoms with Gasteiger partial charge in [0.05, 0.1) is 5.60 Å². The normalized spacial score (nSPS) is 38.3. The minimum atomic E-state index is -0.589. The molecule has 3 rings (SSSR count). The van der Waals surface area contributed by atoms with Crippen molar-refractivity contribution >= 4 is 0 Å². The fourth-order valence-electron chi connectivity index (χ4n) is 3.37. The summed E-state index contributed by atoms with van der Waals surface area (Å²) in [6.45, 7) is 1.12. The Labute approximate surface area is 96.7 Å².